The van der Waals surface area contributed by atoms with Crippen molar-refractivity contribution in [1.29, 1.82) is 0 Å². The molecule has 2 atom stereocenters. The number of hydrogen-bond acceptors (Lipinski definition) is 0. The van der Waals surface area contributed by atoms with E-state index in [-0.39, 0.29) is 26.2 Å². The Morgan fingerprint density at radius 1 is 0.519 bits per heavy atom. The smallest absolute Gasteiger partial charge is 0.327 e. The second-order valence-electron chi connectivity index (χ2n) is 9.60. The molecule has 3 heteroatoms. The van der Waals surface area contributed by atoms with Crippen molar-refractivity contribution in [2.24, 2.45) is 11.8 Å². The van der Waals surface area contributed by atoms with Gasteiger partial charge in [0.25, 0.3) is 0 Å². The monoisotopic (exact) mass is 474 g/mol. The largest absolute Gasteiger partial charge is 2.00 e. The van der Waals surface area contributed by atoms with Crippen LogP contribution in [0.1, 0.15) is 25.7 Å². The third-order valence-electron chi connectivity index (χ3n) is 4.41. The van der Waals surface area contributed by atoms with Crippen molar-refractivity contribution >= 4 is 16.1 Å². The fourth-order valence-corrected chi connectivity index (χ4v) is 6.92. The molecule has 0 aromatic carbocycles. The first kappa shape index (κ1) is 28.3. The van der Waals surface area contributed by atoms with E-state index in [1.807, 2.05) is 64.2 Å². The number of hydrogen-bond donors (Lipinski definition) is 0. The van der Waals surface area contributed by atoms with Crippen LogP contribution in [0.25, 0.3) is 0 Å². The summed E-state index contributed by atoms with van der Waals surface area (Å²) in [6, 6.07) is 5.51. The third-order valence-corrected chi connectivity index (χ3v) is 7.27. The van der Waals surface area contributed by atoms with E-state index in [1.165, 1.54) is 25.7 Å². The summed E-state index contributed by atoms with van der Waals surface area (Å²) in [5.41, 5.74) is 0. The van der Waals surface area contributed by atoms with Gasteiger partial charge in [0.2, 0.25) is 0 Å². The molecule has 3 aliphatic carbocycles. The second kappa shape index (κ2) is 15.2. The van der Waals surface area contributed by atoms with Crippen molar-refractivity contribution in [3.63, 3.8) is 0 Å². The first-order chi connectivity index (χ1) is 12.2. The Morgan fingerprint density at radius 3 is 0.926 bits per heavy atom. The SMILES string of the molecule is C[Si](C)(C)[CH-]C1CCCCC1[CH-][Si](C)(C)C.[CH]1[CH][CH][CH][CH]1.[CH]1[CH][CH][CH][CH]1.[Zr+2]. The fraction of sp³-hybridized carbons (Fsp3) is 0.500. The number of rotatable bonds is 4. The van der Waals surface area contributed by atoms with Gasteiger partial charge in [0.1, 0.15) is 0 Å². The summed E-state index contributed by atoms with van der Waals surface area (Å²) in [4.78, 5) is 0. The summed E-state index contributed by atoms with van der Waals surface area (Å²) < 4.78 is 0. The van der Waals surface area contributed by atoms with E-state index in [2.05, 4.69) is 51.4 Å². The molecule has 3 fully saturated rings. The van der Waals surface area contributed by atoms with Crippen LogP contribution in [-0.4, -0.2) is 16.1 Å². The van der Waals surface area contributed by atoms with Gasteiger partial charge in [-0.25, -0.2) is 0 Å². The molecular weight excluding hydrogens is 436 g/mol. The molecule has 0 spiro atoms. The Labute approximate surface area is 194 Å². The zero-order valence-corrected chi connectivity index (χ0v) is 22.9. The molecule has 0 aromatic rings. The van der Waals surface area contributed by atoms with Gasteiger partial charge in [-0.15, -0.1) is 16.1 Å². The van der Waals surface area contributed by atoms with Crippen molar-refractivity contribution in [3.8, 4) is 0 Å². The van der Waals surface area contributed by atoms with E-state index < -0.39 is 16.1 Å². The van der Waals surface area contributed by atoms with E-state index in [0.29, 0.717) is 0 Å². The minimum Gasteiger partial charge on any atom is -0.327 e. The van der Waals surface area contributed by atoms with Gasteiger partial charge < -0.3 is 12.1 Å². The van der Waals surface area contributed by atoms with Gasteiger partial charge in [-0.1, -0.05) is 65.0 Å². The molecule has 0 nitrogen and oxygen atoms in total. The van der Waals surface area contributed by atoms with E-state index in [9.17, 15) is 0 Å². The van der Waals surface area contributed by atoms with E-state index >= 15 is 0 Å². The summed E-state index contributed by atoms with van der Waals surface area (Å²) in [6.07, 6.45) is 25.8. The molecule has 148 valence electrons. The quantitative estimate of drug-likeness (QED) is 0.303. The van der Waals surface area contributed by atoms with Crippen LogP contribution >= 0.6 is 0 Å². The Balaban J connectivity index is 0.000000496. The third kappa shape index (κ3) is 16.8. The molecule has 0 N–H and O–H groups in total. The van der Waals surface area contributed by atoms with Crippen molar-refractivity contribution in [2.45, 2.75) is 65.0 Å². The topological polar surface area (TPSA) is 0 Å². The van der Waals surface area contributed by atoms with Crippen LogP contribution in [0.2, 0.25) is 39.3 Å². The van der Waals surface area contributed by atoms with Gasteiger partial charge in [0, 0.05) is 0 Å². The average molecular weight is 476 g/mol. The molecule has 0 amide bonds. The van der Waals surface area contributed by atoms with Crippen molar-refractivity contribution in [1.82, 2.24) is 0 Å². The van der Waals surface area contributed by atoms with Crippen LogP contribution in [0.15, 0.2) is 0 Å². The molecule has 10 radical (unpaired) electrons. The maximum Gasteiger partial charge on any atom is 2.00 e. The van der Waals surface area contributed by atoms with Gasteiger partial charge in [-0.3, -0.25) is 0 Å². The molecule has 2 unspecified atom stereocenters. The molecule has 3 aliphatic rings. The van der Waals surface area contributed by atoms with Crippen LogP contribution in [0.4, 0.5) is 0 Å². The Bertz CT molecular complexity index is 286. The summed E-state index contributed by atoms with van der Waals surface area (Å²) in [7, 11) is -1.98. The van der Waals surface area contributed by atoms with Crippen LogP contribution in [0, 0.1) is 88.1 Å². The average Bonchev–Trinajstić information content (AvgIpc) is 3.25. The zero-order valence-electron chi connectivity index (χ0n) is 18.4. The van der Waals surface area contributed by atoms with Crippen molar-refractivity contribution in [2.75, 3.05) is 0 Å². The van der Waals surface area contributed by atoms with Crippen LogP contribution in [-0.2, 0) is 26.2 Å². The maximum atomic E-state index is 2.76. The molecule has 27 heavy (non-hydrogen) atoms. The van der Waals surface area contributed by atoms with Gasteiger partial charge in [0.05, 0.1) is 0 Å². The second-order valence-corrected chi connectivity index (χ2v) is 19.7. The molecule has 0 heterocycles. The van der Waals surface area contributed by atoms with Gasteiger partial charge in [0.15, 0.2) is 0 Å². The summed E-state index contributed by atoms with van der Waals surface area (Å²) in [5, 5.41) is 0. The first-order valence-electron chi connectivity index (χ1n) is 10.2. The normalized spacial score (nSPS) is 25.6. The summed E-state index contributed by atoms with van der Waals surface area (Å²) >= 11 is 0. The molecule has 0 aliphatic heterocycles. The Kier molecular flexibility index (Phi) is 15.9. The molecule has 0 saturated heterocycles. The van der Waals surface area contributed by atoms with E-state index in [0.717, 1.165) is 11.8 Å². The van der Waals surface area contributed by atoms with E-state index in [4.69, 9.17) is 0 Å². The van der Waals surface area contributed by atoms with Gasteiger partial charge in [-0.2, -0.15) is 11.8 Å². The summed E-state index contributed by atoms with van der Waals surface area (Å²) in [5.74, 6) is 1.82. The molecule has 0 bridgehead atoms. The standard InChI is InChI=1S/C14H30Si2.2C5H5.Zr/c1-15(2,3)11-13-9-7-8-10-14(13)12-16(4,5)6;2*1-2-4-5-3-1;/h11-14H,7-10H2,1-6H3;2*1-5H;/q-2;;;+2. The van der Waals surface area contributed by atoms with Gasteiger partial charge in [-0.05, 0) is 64.2 Å². The Morgan fingerprint density at radius 2 is 0.741 bits per heavy atom. The minimum absolute atomic E-state index is 0. The van der Waals surface area contributed by atoms with Crippen molar-refractivity contribution in [3.05, 3.63) is 76.3 Å². The predicted molar refractivity (Wildman–Crippen MR) is 124 cm³/mol. The van der Waals surface area contributed by atoms with Gasteiger partial charge >= 0.3 is 26.2 Å². The molecule has 0 aromatic heterocycles. The molecule has 3 saturated carbocycles. The zero-order chi connectivity index (χ0) is 19.5. The van der Waals surface area contributed by atoms with Crippen molar-refractivity contribution < 1.29 is 26.2 Å². The Hall–Kier alpha value is 1.32. The van der Waals surface area contributed by atoms with Crippen LogP contribution in [0.3, 0.4) is 0 Å². The fourth-order valence-electron chi connectivity index (χ4n) is 3.53. The molecular formula is C24H40Si2Zr. The van der Waals surface area contributed by atoms with Crippen LogP contribution in [0.5, 0.6) is 0 Å². The summed E-state index contributed by atoms with van der Waals surface area (Å²) in [6.45, 7) is 14.9. The maximum absolute atomic E-state index is 2.76. The predicted octanol–water partition coefficient (Wildman–Crippen LogP) is 7.00. The van der Waals surface area contributed by atoms with E-state index in [1.54, 1.807) is 0 Å². The van der Waals surface area contributed by atoms with Crippen LogP contribution < -0.4 is 0 Å². The minimum atomic E-state index is -0.991. The molecule has 3 rings (SSSR count). The first-order valence-corrected chi connectivity index (χ1v) is 17.4.